The van der Waals surface area contributed by atoms with Gasteiger partial charge in [-0.15, -0.1) is 5.10 Å². The molecule has 0 fully saturated rings. The molecule has 0 atom stereocenters. The van der Waals surface area contributed by atoms with Crippen molar-refractivity contribution in [1.29, 1.82) is 0 Å². The third-order valence-electron chi connectivity index (χ3n) is 2.95. The van der Waals surface area contributed by atoms with Gasteiger partial charge in [-0.25, -0.2) is 0 Å². The van der Waals surface area contributed by atoms with Crippen LogP contribution in [0.25, 0.3) is 0 Å². The van der Waals surface area contributed by atoms with Crippen molar-refractivity contribution in [1.82, 2.24) is 9.59 Å². The Labute approximate surface area is 110 Å². The first kappa shape index (κ1) is 12.7. The van der Waals surface area contributed by atoms with Gasteiger partial charge in [-0.3, -0.25) is 4.79 Å². The van der Waals surface area contributed by atoms with Gasteiger partial charge in [-0.1, -0.05) is 23.5 Å². The summed E-state index contributed by atoms with van der Waals surface area (Å²) in [5.41, 5.74) is 3.84. The fourth-order valence-corrected chi connectivity index (χ4v) is 2.32. The molecule has 18 heavy (non-hydrogen) atoms. The molecule has 0 bridgehead atoms. The van der Waals surface area contributed by atoms with Crippen molar-refractivity contribution in [3.05, 3.63) is 39.9 Å². The summed E-state index contributed by atoms with van der Waals surface area (Å²) >= 11 is 1.14. The normalized spacial score (nSPS) is 10.4. The average molecular weight is 261 g/mol. The molecule has 1 aromatic heterocycles. The summed E-state index contributed by atoms with van der Waals surface area (Å²) in [7, 11) is 0. The lowest BCUT2D eigenvalue weighted by atomic mass is 10.1. The molecule has 0 saturated carbocycles. The zero-order valence-electron chi connectivity index (χ0n) is 10.7. The van der Waals surface area contributed by atoms with Crippen LogP contribution in [-0.4, -0.2) is 15.5 Å². The number of hydrogen-bond acceptors (Lipinski definition) is 4. The summed E-state index contributed by atoms with van der Waals surface area (Å²) < 4.78 is 3.83. The number of aryl methyl sites for hydroxylation is 2. The van der Waals surface area contributed by atoms with E-state index in [0.29, 0.717) is 11.3 Å². The maximum absolute atomic E-state index is 12.1. The Morgan fingerprint density at radius 2 is 2.17 bits per heavy atom. The van der Waals surface area contributed by atoms with E-state index in [4.69, 9.17) is 0 Å². The van der Waals surface area contributed by atoms with Gasteiger partial charge in [0.15, 0.2) is 0 Å². The molecule has 0 saturated heterocycles. The van der Waals surface area contributed by atoms with Crippen molar-refractivity contribution in [2.24, 2.45) is 0 Å². The predicted octanol–water partition coefficient (Wildman–Crippen LogP) is 2.97. The van der Waals surface area contributed by atoms with Gasteiger partial charge < -0.3 is 5.32 Å². The fraction of sp³-hybridized carbons (Fsp3) is 0.308. The maximum atomic E-state index is 12.1. The average Bonchev–Trinajstić information content (AvgIpc) is 2.83. The molecule has 0 spiro atoms. The maximum Gasteiger partial charge on any atom is 0.269 e. The molecular weight excluding hydrogens is 246 g/mol. The lowest BCUT2D eigenvalue weighted by Crippen LogP contribution is -2.13. The second-order valence-corrected chi connectivity index (χ2v) is 4.86. The van der Waals surface area contributed by atoms with Crippen molar-refractivity contribution in [2.45, 2.75) is 27.2 Å². The van der Waals surface area contributed by atoms with Gasteiger partial charge in [0.05, 0.1) is 5.69 Å². The summed E-state index contributed by atoms with van der Waals surface area (Å²) in [5, 5.41) is 6.86. The number of carbonyl (C=O) groups is 1. The summed E-state index contributed by atoms with van der Waals surface area (Å²) in [6.07, 6.45) is 0.714. The van der Waals surface area contributed by atoms with Crippen LogP contribution in [0.15, 0.2) is 18.2 Å². The summed E-state index contributed by atoms with van der Waals surface area (Å²) in [6.45, 7) is 5.98. The topological polar surface area (TPSA) is 54.9 Å². The second kappa shape index (κ2) is 5.27. The van der Waals surface area contributed by atoms with Crippen LogP contribution < -0.4 is 5.32 Å². The van der Waals surface area contributed by atoms with E-state index in [0.717, 1.165) is 34.0 Å². The van der Waals surface area contributed by atoms with E-state index in [2.05, 4.69) is 14.9 Å². The Morgan fingerprint density at radius 1 is 1.39 bits per heavy atom. The van der Waals surface area contributed by atoms with Crippen molar-refractivity contribution < 1.29 is 4.79 Å². The monoisotopic (exact) mass is 261 g/mol. The Morgan fingerprint density at radius 3 is 2.89 bits per heavy atom. The number of nitrogens with one attached hydrogen (secondary N) is 1. The van der Waals surface area contributed by atoms with Gasteiger partial charge in [0.25, 0.3) is 5.91 Å². The first-order valence-corrected chi connectivity index (χ1v) is 6.59. The van der Waals surface area contributed by atoms with Crippen LogP contribution in [0.5, 0.6) is 0 Å². The molecule has 5 heteroatoms. The molecular formula is C13H15N3OS. The van der Waals surface area contributed by atoms with E-state index in [1.54, 1.807) is 0 Å². The van der Waals surface area contributed by atoms with E-state index in [9.17, 15) is 4.79 Å². The molecule has 1 aromatic carbocycles. The molecule has 0 unspecified atom stereocenters. The number of rotatable bonds is 3. The molecule has 0 radical (unpaired) electrons. The molecule has 0 aliphatic carbocycles. The predicted molar refractivity (Wildman–Crippen MR) is 73.2 cm³/mol. The highest BCUT2D eigenvalue weighted by atomic mass is 32.1. The van der Waals surface area contributed by atoms with Gasteiger partial charge >= 0.3 is 0 Å². The van der Waals surface area contributed by atoms with E-state index >= 15 is 0 Å². The molecule has 2 rings (SSSR count). The molecule has 1 N–H and O–H groups in total. The lowest BCUT2D eigenvalue weighted by Gasteiger charge is -2.09. The number of amides is 1. The van der Waals surface area contributed by atoms with Gasteiger partial charge in [-0.2, -0.15) is 0 Å². The highest BCUT2D eigenvalue weighted by Crippen LogP contribution is 2.20. The van der Waals surface area contributed by atoms with Crippen molar-refractivity contribution >= 4 is 23.1 Å². The summed E-state index contributed by atoms with van der Waals surface area (Å²) in [5.74, 6) is -0.129. The van der Waals surface area contributed by atoms with Crippen molar-refractivity contribution in [2.75, 3.05) is 5.32 Å². The highest BCUT2D eigenvalue weighted by Gasteiger charge is 2.15. The number of nitrogens with zero attached hydrogens (tertiary/aromatic N) is 2. The van der Waals surface area contributed by atoms with Crippen LogP contribution >= 0.6 is 11.5 Å². The molecule has 1 amide bonds. The zero-order valence-corrected chi connectivity index (χ0v) is 11.5. The standard InChI is InChI=1S/C13H15N3OS/c1-4-10-12(18-16-15-10)13(17)14-11-7-5-6-8(2)9(11)3/h5-7H,4H2,1-3H3,(H,14,17). The molecule has 94 valence electrons. The van der Waals surface area contributed by atoms with Gasteiger partial charge in [0.2, 0.25) is 0 Å². The first-order chi connectivity index (χ1) is 8.63. The number of anilines is 1. The molecule has 1 heterocycles. The minimum atomic E-state index is -0.129. The van der Waals surface area contributed by atoms with Crippen LogP contribution in [-0.2, 0) is 6.42 Å². The third kappa shape index (κ3) is 2.41. The van der Waals surface area contributed by atoms with E-state index in [-0.39, 0.29) is 5.91 Å². The van der Waals surface area contributed by atoms with Crippen LogP contribution in [0, 0.1) is 13.8 Å². The van der Waals surface area contributed by atoms with E-state index in [1.165, 1.54) is 0 Å². The third-order valence-corrected chi connectivity index (χ3v) is 3.72. The first-order valence-electron chi connectivity index (χ1n) is 5.82. The van der Waals surface area contributed by atoms with Crippen LogP contribution in [0.4, 0.5) is 5.69 Å². The van der Waals surface area contributed by atoms with Gasteiger partial charge in [-0.05, 0) is 49.0 Å². The van der Waals surface area contributed by atoms with E-state index < -0.39 is 0 Å². The number of carbonyl (C=O) groups excluding carboxylic acids is 1. The molecule has 0 aliphatic rings. The Balaban J connectivity index is 2.24. The second-order valence-electron chi connectivity index (χ2n) is 4.10. The minimum Gasteiger partial charge on any atom is -0.321 e. The van der Waals surface area contributed by atoms with Crippen LogP contribution in [0.3, 0.4) is 0 Å². The fourth-order valence-electron chi connectivity index (χ4n) is 1.68. The number of benzene rings is 1. The van der Waals surface area contributed by atoms with Crippen LogP contribution in [0.2, 0.25) is 0 Å². The Kier molecular flexibility index (Phi) is 3.72. The Bertz CT molecular complexity index is 577. The zero-order chi connectivity index (χ0) is 13.1. The minimum absolute atomic E-state index is 0.129. The van der Waals surface area contributed by atoms with Gasteiger partial charge in [0.1, 0.15) is 4.88 Å². The molecule has 2 aromatic rings. The van der Waals surface area contributed by atoms with Gasteiger partial charge in [0, 0.05) is 5.69 Å². The summed E-state index contributed by atoms with van der Waals surface area (Å²) in [4.78, 5) is 12.7. The summed E-state index contributed by atoms with van der Waals surface area (Å²) in [6, 6.07) is 5.86. The quantitative estimate of drug-likeness (QED) is 0.924. The largest absolute Gasteiger partial charge is 0.321 e. The lowest BCUT2D eigenvalue weighted by molar-refractivity contribution is 0.102. The number of aromatic nitrogens is 2. The SMILES string of the molecule is CCc1nnsc1C(=O)Nc1cccc(C)c1C. The molecule has 0 aliphatic heterocycles. The Hall–Kier alpha value is -1.75. The number of hydrogen-bond donors (Lipinski definition) is 1. The van der Waals surface area contributed by atoms with Crippen LogP contribution in [0.1, 0.15) is 33.4 Å². The molecule has 4 nitrogen and oxygen atoms in total. The van der Waals surface area contributed by atoms with Crippen molar-refractivity contribution in [3.63, 3.8) is 0 Å². The smallest absolute Gasteiger partial charge is 0.269 e. The highest BCUT2D eigenvalue weighted by molar-refractivity contribution is 7.08. The van der Waals surface area contributed by atoms with Crippen molar-refractivity contribution in [3.8, 4) is 0 Å². The van der Waals surface area contributed by atoms with E-state index in [1.807, 2.05) is 39.0 Å².